The second-order valence-corrected chi connectivity index (χ2v) is 5.75. The highest BCUT2D eigenvalue weighted by Crippen LogP contribution is 2.39. The molecule has 1 aromatic carbocycles. The maximum absolute atomic E-state index is 13.5. The molecule has 0 amide bonds. The highest BCUT2D eigenvalue weighted by Gasteiger charge is 2.39. The predicted molar refractivity (Wildman–Crippen MR) is 74.4 cm³/mol. The quantitative estimate of drug-likeness (QED) is 0.615. The van der Waals surface area contributed by atoms with Crippen molar-refractivity contribution in [1.29, 1.82) is 0 Å². The van der Waals surface area contributed by atoms with Crippen molar-refractivity contribution in [3.05, 3.63) is 34.1 Å². The highest BCUT2D eigenvalue weighted by molar-refractivity contribution is 5.64. The van der Waals surface area contributed by atoms with E-state index >= 15 is 0 Å². The molecule has 2 aliphatic rings. The fourth-order valence-electron chi connectivity index (χ4n) is 3.48. The van der Waals surface area contributed by atoms with Gasteiger partial charge in [-0.1, -0.05) is 0 Å². The lowest BCUT2D eigenvalue weighted by atomic mass is 9.92. The zero-order chi connectivity index (χ0) is 14.3. The number of nitro benzene ring substituents is 1. The minimum atomic E-state index is -0.422. The molecule has 2 saturated heterocycles. The van der Waals surface area contributed by atoms with Gasteiger partial charge < -0.3 is 9.80 Å². The Morgan fingerprint density at radius 2 is 2.10 bits per heavy atom. The molecule has 2 aliphatic heterocycles. The third-order valence-electron chi connectivity index (χ3n) is 4.51. The number of likely N-dealkylation sites (tertiary alicyclic amines) is 1. The van der Waals surface area contributed by atoms with Gasteiger partial charge in [0.1, 0.15) is 11.5 Å². The van der Waals surface area contributed by atoms with Crippen LogP contribution in [0.1, 0.15) is 12.8 Å². The summed E-state index contributed by atoms with van der Waals surface area (Å²) in [6, 6.07) is 3.98. The van der Waals surface area contributed by atoms with E-state index in [4.69, 9.17) is 0 Å². The molecule has 3 rings (SSSR count). The zero-order valence-electron chi connectivity index (χ0n) is 11.5. The predicted octanol–water partition coefficient (Wildman–Crippen LogP) is 2.26. The number of anilines is 1. The van der Waals surface area contributed by atoms with Crippen molar-refractivity contribution >= 4 is 11.4 Å². The van der Waals surface area contributed by atoms with Crippen LogP contribution in [-0.2, 0) is 0 Å². The Kier molecular flexibility index (Phi) is 3.33. The molecule has 0 N–H and O–H groups in total. The number of hydrogen-bond acceptors (Lipinski definition) is 4. The Morgan fingerprint density at radius 3 is 2.85 bits per heavy atom. The lowest BCUT2D eigenvalue weighted by Gasteiger charge is -2.37. The first-order valence-corrected chi connectivity index (χ1v) is 6.95. The van der Waals surface area contributed by atoms with Gasteiger partial charge in [-0.2, -0.15) is 0 Å². The van der Waals surface area contributed by atoms with Crippen LogP contribution in [0.5, 0.6) is 0 Å². The van der Waals surface area contributed by atoms with Crippen molar-refractivity contribution < 1.29 is 9.31 Å². The minimum Gasteiger partial charge on any atom is -0.361 e. The molecule has 0 bridgehead atoms. The number of nitrogens with zero attached hydrogens (tertiary/aromatic N) is 3. The van der Waals surface area contributed by atoms with Crippen LogP contribution in [0.15, 0.2) is 18.2 Å². The molecule has 0 radical (unpaired) electrons. The van der Waals surface area contributed by atoms with Crippen LogP contribution in [0.4, 0.5) is 15.8 Å². The molecule has 0 saturated carbocycles. The number of nitro groups is 1. The molecule has 20 heavy (non-hydrogen) atoms. The molecule has 0 aromatic heterocycles. The van der Waals surface area contributed by atoms with Crippen molar-refractivity contribution in [1.82, 2.24) is 4.90 Å². The number of likely N-dealkylation sites (N-methyl/N-ethyl adjacent to an activating group) is 1. The lowest BCUT2D eigenvalue weighted by Crippen LogP contribution is -2.46. The van der Waals surface area contributed by atoms with Crippen molar-refractivity contribution in [3.8, 4) is 0 Å². The van der Waals surface area contributed by atoms with Gasteiger partial charge in [0.2, 0.25) is 0 Å². The van der Waals surface area contributed by atoms with Gasteiger partial charge in [-0.05, 0) is 38.4 Å². The summed E-state index contributed by atoms with van der Waals surface area (Å²) < 4.78 is 13.5. The molecule has 0 spiro atoms. The Balaban J connectivity index is 1.96. The smallest absolute Gasteiger partial charge is 0.292 e. The van der Waals surface area contributed by atoms with Crippen LogP contribution < -0.4 is 4.90 Å². The van der Waals surface area contributed by atoms with E-state index in [9.17, 15) is 14.5 Å². The second kappa shape index (κ2) is 5.01. The van der Waals surface area contributed by atoms with Crippen molar-refractivity contribution in [3.63, 3.8) is 0 Å². The van der Waals surface area contributed by atoms with E-state index in [0.717, 1.165) is 38.5 Å². The number of benzene rings is 1. The Morgan fingerprint density at radius 1 is 1.35 bits per heavy atom. The molecular formula is C14H18FN3O2. The Hall–Kier alpha value is -1.69. The van der Waals surface area contributed by atoms with Gasteiger partial charge in [0.15, 0.2) is 0 Å². The number of hydrogen-bond donors (Lipinski definition) is 0. The summed E-state index contributed by atoms with van der Waals surface area (Å²) in [6.07, 6.45) is 2.15. The fraction of sp³-hybridized carbons (Fsp3) is 0.571. The van der Waals surface area contributed by atoms with Crippen molar-refractivity contribution in [2.75, 3.05) is 31.6 Å². The van der Waals surface area contributed by atoms with Crippen LogP contribution >= 0.6 is 0 Å². The molecule has 2 atom stereocenters. The van der Waals surface area contributed by atoms with Gasteiger partial charge in [0.25, 0.3) is 5.69 Å². The molecule has 0 unspecified atom stereocenters. The van der Waals surface area contributed by atoms with Gasteiger partial charge in [0.05, 0.1) is 4.92 Å². The normalized spacial score (nSPS) is 26.6. The first-order valence-electron chi connectivity index (χ1n) is 6.95. The summed E-state index contributed by atoms with van der Waals surface area (Å²) in [5.74, 6) is 0.146. The second-order valence-electron chi connectivity index (χ2n) is 5.75. The summed E-state index contributed by atoms with van der Waals surface area (Å²) in [5.41, 5.74) is 0.429. The van der Waals surface area contributed by atoms with Gasteiger partial charge in [0, 0.05) is 31.3 Å². The van der Waals surface area contributed by atoms with Gasteiger partial charge >= 0.3 is 0 Å². The summed E-state index contributed by atoms with van der Waals surface area (Å²) in [7, 11) is 2.06. The van der Waals surface area contributed by atoms with E-state index in [0.29, 0.717) is 11.6 Å². The van der Waals surface area contributed by atoms with E-state index in [2.05, 4.69) is 11.9 Å². The van der Waals surface area contributed by atoms with Gasteiger partial charge in [-0.15, -0.1) is 0 Å². The first-order chi connectivity index (χ1) is 9.56. The zero-order valence-corrected chi connectivity index (χ0v) is 11.5. The topological polar surface area (TPSA) is 49.6 Å². The SMILES string of the molecule is CN1CC[C@H]2CCN(c3cc(F)ccc3[N+](=O)[O-])[C@H]2C1. The molecule has 5 nitrogen and oxygen atoms in total. The maximum atomic E-state index is 13.5. The summed E-state index contributed by atoms with van der Waals surface area (Å²) in [4.78, 5) is 15.0. The number of rotatable bonds is 2. The van der Waals surface area contributed by atoms with Gasteiger partial charge in [-0.25, -0.2) is 4.39 Å². The summed E-state index contributed by atoms with van der Waals surface area (Å²) in [6.45, 7) is 2.73. The van der Waals surface area contributed by atoms with E-state index in [1.165, 1.54) is 12.1 Å². The largest absolute Gasteiger partial charge is 0.361 e. The molecule has 1 aromatic rings. The van der Waals surface area contributed by atoms with E-state index in [1.54, 1.807) is 0 Å². The Bertz CT molecular complexity index is 537. The molecule has 2 heterocycles. The third kappa shape index (κ3) is 2.24. The maximum Gasteiger partial charge on any atom is 0.292 e. The van der Waals surface area contributed by atoms with Crippen LogP contribution in [-0.4, -0.2) is 42.5 Å². The van der Waals surface area contributed by atoms with Crippen LogP contribution in [0.3, 0.4) is 0 Å². The summed E-state index contributed by atoms with van der Waals surface area (Å²) >= 11 is 0. The molecule has 2 fully saturated rings. The van der Waals surface area contributed by atoms with E-state index in [1.807, 2.05) is 4.90 Å². The highest BCUT2D eigenvalue weighted by atomic mass is 19.1. The molecular weight excluding hydrogens is 261 g/mol. The molecule has 6 heteroatoms. The average molecular weight is 279 g/mol. The first kappa shape index (κ1) is 13.3. The van der Waals surface area contributed by atoms with E-state index in [-0.39, 0.29) is 11.7 Å². The summed E-state index contributed by atoms with van der Waals surface area (Å²) in [5, 5.41) is 11.2. The standard InChI is InChI=1S/C14H18FN3O2/c1-16-6-4-10-5-7-17(14(10)9-16)13-8-11(15)2-3-12(13)18(19)20/h2-3,8,10,14H,4-7,9H2,1H3/t10-,14-/m0/s1. The Labute approximate surface area is 117 Å². The molecule has 0 aliphatic carbocycles. The third-order valence-corrected chi connectivity index (χ3v) is 4.51. The van der Waals surface area contributed by atoms with Crippen LogP contribution in [0, 0.1) is 21.8 Å². The van der Waals surface area contributed by atoms with Crippen LogP contribution in [0.25, 0.3) is 0 Å². The molecule has 108 valence electrons. The lowest BCUT2D eigenvalue weighted by molar-refractivity contribution is -0.384. The van der Waals surface area contributed by atoms with E-state index < -0.39 is 10.7 Å². The van der Waals surface area contributed by atoms with Crippen molar-refractivity contribution in [2.45, 2.75) is 18.9 Å². The number of fused-ring (bicyclic) bond motifs is 1. The monoisotopic (exact) mass is 279 g/mol. The number of halogens is 1. The average Bonchev–Trinajstić information content (AvgIpc) is 2.81. The van der Waals surface area contributed by atoms with Gasteiger partial charge in [-0.3, -0.25) is 10.1 Å². The fourth-order valence-corrected chi connectivity index (χ4v) is 3.48. The van der Waals surface area contributed by atoms with Crippen molar-refractivity contribution in [2.24, 2.45) is 5.92 Å². The minimum absolute atomic E-state index is 0.000256. The number of piperidine rings is 1. The van der Waals surface area contributed by atoms with Crippen LogP contribution in [0.2, 0.25) is 0 Å².